The molecule has 0 bridgehead atoms. The summed E-state index contributed by atoms with van der Waals surface area (Å²) in [5.41, 5.74) is 6.15. The quantitative estimate of drug-likeness (QED) is 0.638. The third-order valence-corrected chi connectivity index (χ3v) is 6.48. The van der Waals surface area contributed by atoms with Crippen molar-refractivity contribution in [2.45, 2.75) is 44.6 Å². The largest absolute Gasteiger partial charge is 0.299 e. The van der Waals surface area contributed by atoms with Gasteiger partial charge in [0.1, 0.15) is 11.6 Å². The summed E-state index contributed by atoms with van der Waals surface area (Å²) >= 11 is 0. The maximum atomic E-state index is 13.4. The van der Waals surface area contributed by atoms with Crippen LogP contribution < -0.4 is 0 Å². The van der Waals surface area contributed by atoms with Gasteiger partial charge >= 0.3 is 0 Å². The summed E-state index contributed by atoms with van der Waals surface area (Å²) in [6.45, 7) is 4.14. The second-order valence-corrected chi connectivity index (χ2v) is 8.39. The number of halogens is 1. The molecule has 29 heavy (non-hydrogen) atoms. The molecule has 1 unspecified atom stereocenters. The van der Waals surface area contributed by atoms with Crippen LogP contribution in [0.25, 0.3) is 11.1 Å². The Kier molecular flexibility index (Phi) is 4.88. The number of rotatable bonds is 3. The van der Waals surface area contributed by atoms with Gasteiger partial charge in [-0.3, -0.25) is 4.90 Å². The van der Waals surface area contributed by atoms with Gasteiger partial charge in [-0.15, -0.1) is 0 Å². The first-order chi connectivity index (χ1) is 14.2. The first-order valence-corrected chi connectivity index (χ1v) is 10.6. The molecule has 3 nitrogen and oxygen atoms in total. The molecule has 0 radical (unpaired) electrons. The van der Waals surface area contributed by atoms with Crippen LogP contribution in [-0.4, -0.2) is 34.0 Å². The normalized spacial score (nSPS) is 20.0. The molecule has 1 aromatic heterocycles. The number of aromatic nitrogens is 2. The molecule has 4 heteroatoms. The molecule has 0 N–H and O–H groups in total. The van der Waals surface area contributed by atoms with Gasteiger partial charge in [0.25, 0.3) is 0 Å². The van der Waals surface area contributed by atoms with Crippen molar-refractivity contribution in [3.63, 3.8) is 0 Å². The van der Waals surface area contributed by atoms with Crippen molar-refractivity contribution in [1.29, 1.82) is 0 Å². The number of hydrogen-bond acceptors (Lipinski definition) is 3. The van der Waals surface area contributed by atoms with Crippen molar-refractivity contribution < 1.29 is 4.39 Å². The molecule has 1 aliphatic carbocycles. The summed E-state index contributed by atoms with van der Waals surface area (Å²) in [5.74, 6) is 0.971. The lowest BCUT2D eigenvalue weighted by molar-refractivity contribution is 0.151. The van der Waals surface area contributed by atoms with Gasteiger partial charge in [0.2, 0.25) is 0 Å². The Morgan fingerprint density at radius 3 is 2.45 bits per heavy atom. The molecule has 2 aliphatic rings. The minimum absolute atomic E-state index is 0.215. The Morgan fingerprint density at radius 1 is 1.00 bits per heavy atom. The van der Waals surface area contributed by atoms with E-state index >= 15 is 0 Å². The molecular weight excluding hydrogens is 361 g/mol. The van der Waals surface area contributed by atoms with E-state index in [1.807, 2.05) is 25.3 Å². The second kappa shape index (κ2) is 7.68. The lowest BCUT2D eigenvalue weighted by Gasteiger charge is -2.37. The van der Waals surface area contributed by atoms with Crippen molar-refractivity contribution >= 4 is 0 Å². The minimum Gasteiger partial charge on any atom is -0.299 e. The van der Waals surface area contributed by atoms with Crippen molar-refractivity contribution in [2.75, 3.05) is 13.1 Å². The number of likely N-dealkylation sites (tertiary alicyclic amines) is 1. The van der Waals surface area contributed by atoms with E-state index in [0.29, 0.717) is 12.0 Å². The average Bonchev–Trinajstić information content (AvgIpc) is 3.19. The van der Waals surface area contributed by atoms with Gasteiger partial charge in [-0.1, -0.05) is 36.4 Å². The van der Waals surface area contributed by atoms with Crippen LogP contribution in [-0.2, 0) is 12.8 Å². The molecule has 0 saturated carbocycles. The molecule has 1 saturated heterocycles. The van der Waals surface area contributed by atoms with Crippen molar-refractivity contribution in [1.82, 2.24) is 14.9 Å². The fourth-order valence-corrected chi connectivity index (χ4v) is 5.01. The fourth-order valence-electron chi connectivity index (χ4n) is 5.01. The van der Waals surface area contributed by atoms with Crippen molar-refractivity contribution in [3.05, 3.63) is 83.2 Å². The Morgan fingerprint density at radius 2 is 1.72 bits per heavy atom. The molecule has 1 fully saturated rings. The highest BCUT2D eigenvalue weighted by Crippen LogP contribution is 2.35. The summed E-state index contributed by atoms with van der Waals surface area (Å²) in [7, 11) is 0. The van der Waals surface area contributed by atoms with Crippen LogP contribution in [0.4, 0.5) is 4.39 Å². The molecule has 3 aromatic rings. The van der Waals surface area contributed by atoms with E-state index in [-0.39, 0.29) is 5.82 Å². The molecule has 0 spiro atoms. The average molecular weight is 388 g/mol. The highest BCUT2D eigenvalue weighted by Gasteiger charge is 2.32. The predicted octanol–water partition coefficient (Wildman–Crippen LogP) is 4.94. The smallest absolute Gasteiger partial charge is 0.125 e. The third kappa shape index (κ3) is 3.69. The van der Waals surface area contributed by atoms with Crippen LogP contribution in [0.5, 0.6) is 0 Å². The third-order valence-electron chi connectivity index (χ3n) is 6.48. The summed E-state index contributed by atoms with van der Waals surface area (Å²) in [5, 5.41) is 0. The lowest BCUT2D eigenvalue weighted by Crippen LogP contribution is -2.42. The van der Waals surface area contributed by atoms with Crippen LogP contribution in [0, 0.1) is 12.7 Å². The molecule has 1 atom stereocenters. The number of hydrogen-bond donors (Lipinski definition) is 0. The van der Waals surface area contributed by atoms with Gasteiger partial charge < -0.3 is 0 Å². The summed E-state index contributed by atoms with van der Waals surface area (Å²) in [4.78, 5) is 12.0. The SMILES string of the molecule is Cc1ncc(-c2ccc(F)cc2)c(C2CCCN(C3Cc4ccccc4C3)C2)n1. The van der Waals surface area contributed by atoms with Crippen LogP contribution in [0.2, 0.25) is 0 Å². The van der Waals surface area contributed by atoms with E-state index < -0.39 is 0 Å². The van der Waals surface area contributed by atoms with Gasteiger partial charge in [-0.2, -0.15) is 0 Å². The Bertz CT molecular complexity index is 990. The van der Waals surface area contributed by atoms with Gasteiger partial charge in [-0.25, -0.2) is 14.4 Å². The van der Waals surface area contributed by atoms with Crippen LogP contribution in [0.15, 0.2) is 54.7 Å². The maximum absolute atomic E-state index is 13.4. The van der Waals surface area contributed by atoms with Gasteiger partial charge in [0.15, 0.2) is 0 Å². The van der Waals surface area contributed by atoms with Crippen molar-refractivity contribution in [3.8, 4) is 11.1 Å². The molecule has 0 amide bonds. The molecule has 5 rings (SSSR count). The minimum atomic E-state index is -0.215. The first kappa shape index (κ1) is 18.4. The number of piperidine rings is 1. The van der Waals surface area contributed by atoms with E-state index in [1.54, 1.807) is 0 Å². The molecular formula is C25H26FN3. The number of fused-ring (bicyclic) bond motifs is 1. The molecule has 148 valence electrons. The fraction of sp³-hybridized carbons (Fsp3) is 0.360. The second-order valence-electron chi connectivity index (χ2n) is 8.39. The monoisotopic (exact) mass is 387 g/mol. The highest BCUT2D eigenvalue weighted by atomic mass is 19.1. The van der Waals surface area contributed by atoms with Gasteiger partial charge in [0.05, 0.1) is 5.69 Å². The van der Waals surface area contributed by atoms with Crippen LogP contribution >= 0.6 is 0 Å². The molecule has 2 aromatic carbocycles. The van der Waals surface area contributed by atoms with Gasteiger partial charge in [0, 0.05) is 30.3 Å². The first-order valence-electron chi connectivity index (χ1n) is 10.6. The van der Waals surface area contributed by atoms with Gasteiger partial charge in [-0.05, 0) is 68.0 Å². The van der Waals surface area contributed by atoms with E-state index in [0.717, 1.165) is 55.0 Å². The Labute approximate surface area is 171 Å². The van der Waals surface area contributed by atoms with Crippen molar-refractivity contribution in [2.24, 2.45) is 0 Å². The zero-order chi connectivity index (χ0) is 19.8. The molecule has 1 aliphatic heterocycles. The summed E-state index contributed by atoms with van der Waals surface area (Å²) < 4.78 is 13.4. The van der Waals surface area contributed by atoms with E-state index in [1.165, 1.54) is 29.7 Å². The maximum Gasteiger partial charge on any atom is 0.125 e. The Balaban J connectivity index is 1.41. The standard InChI is InChI=1S/C25H26FN3/c1-17-27-15-24(18-8-10-22(26)11-9-18)25(28-17)21-7-4-12-29(16-21)23-13-19-5-2-3-6-20(19)14-23/h2-3,5-6,8-11,15,21,23H,4,7,12-14,16H2,1H3. The number of benzene rings is 2. The number of aryl methyl sites for hydroxylation is 1. The summed E-state index contributed by atoms with van der Waals surface area (Å²) in [6.07, 6.45) is 6.53. The van der Waals surface area contributed by atoms with E-state index in [4.69, 9.17) is 4.98 Å². The van der Waals surface area contributed by atoms with Crippen LogP contribution in [0.1, 0.15) is 41.4 Å². The topological polar surface area (TPSA) is 29.0 Å². The molecule has 2 heterocycles. The lowest BCUT2D eigenvalue weighted by atomic mass is 9.89. The van der Waals surface area contributed by atoms with Crippen LogP contribution in [0.3, 0.4) is 0 Å². The predicted molar refractivity (Wildman–Crippen MR) is 113 cm³/mol. The van der Waals surface area contributed by atoms with E-state index in [9.17, 15) is 4.39 Å². The summed E-state index contributed by atoms with van der Waals surface area (Å²) in [6, 6.07) is 16.1. The highest BCUT2D eigenvalue weighted by molar-refractivity contribution is 5.65. The Hall–Kier alpha value is -2.59. The number of nitrogens with zero attached hydrogens (tertiary/aromatic N) is 3. The zero-order valence-electron chi connectivity index (χ0n) is 16.8. The van der Waals surface area contributed by atoms with E-state index in [2.05, 4.69) is 34.1 Å². The zero-order valence-corrected chi connectivity index (χ0v) is 16.8.